The maximum atomic E-state index is 10.3. The highest BCUT2D eigenvalue weighted by atomic mass is 15.0. The van der Waals surface area contributed by atoms with Crippen LogP contribution in [0.2, 0.25) is 0 Å². The molecule has 0 spiro atoms. The van der Waals surface area contributed by atoms with Crippen LogP contribution in [0.1, 0.15) is 11.1 Å². The van der Waals surface area contributed by atoms with Crippen LogP contribution in [0.5, 0.6) is 0 Å². The standard InChI is InChI=1S/C45H25N5/c1-48-33-19-21-39-40-24-29(27-46)14-23-44(40)50(45(39)26-33)41-11-5-2-8-36(41)31-17-15-30(16-18-31)35-22-20-34(25-32(35)28-47)49-42-12-6-3-9-37(42)38-10-4-7-13-43(38)49/h2-26H. The zero-order valence-electron chi connectivity index (χ0n) is 26.7. The minimum Gasteiger partial charge on any atom is -0.310 e. The molecule has 0 saturated carbocycles. The number of benzene rings is 7. The van der Waals surface area contributed by atoms with Gasteiger partial charge in [0.05, 0.1) is 52.1 Å². The Bertz CT molecular complexity index is 2900. The molecular weight excluding hydrogens is 611 g/mol. The molecular formula is C45H25N5. The van der Waals surface area contributed by atoms with Gasteiger partial charge in [0.15, 0.2) is 5.69 Å². The predicted octanol–water partition coefficient (Wildman–Crippen LogP) is 11.5. The second kappa shape index (κ2) is 11.4. The van der Waals surface area contributed by atoms with E-state index in [1.165, 1.54) is 10.8 Å². The molecule has 5 nitrogen and oxygen atoms in total. The lowest BCUT2D eigenvalue weighted by Crippen LogP contribution is -1.97. The monoisotopic (exact) mass is 635 g/mol. The number of rotatable bonds is 4. The van der Waals surface area contributed by atoms with Crippen molar-refractivity contribution in [2.75, 3.05) is 0 Å². The van der Waals surface area contributed by atoms with Crippen LogP contribution in [-0.2, 0) is 0 Å². The van der Waals surface area contributed by atoms with E-state index in [4.69, 9.17) is 6.57 Å². The Kier molecular flexibility index (Phi) is 6.56. The van der Waals surface area contributed by atoms with Crippen molar-refractivity contribution in [3.63, 3.8) is 0 Å². The average Bonchev–Trinajstić information content (AvgIpc) is 3.69. The van der Waals surface area contributed by atoms with Crippen LogP contribution in [-0.4, -0.2) is 9.13 Å². The third-order valence-electron chi connectivity index (χ3n) is 9.62. The Labute approximate surface area is 288 Å². The van der Waals surface area contributed by atoms with Gasteiger partial charge in [-0.3, -0.25) is 0 Å². The lowest BCUT2D eigenvalue weighted by molar-refractivity contribution is 1.18. The number of aromatic nitrogens is 2. The molecule has 2 aromatic heterocycles. The van der Waals surface area contributed by atoms with Crippen LogP contribution in [0.25, 0.3) is 82.1 Å². The van der Waals surface area contributed by atoms with E-state index in [-0.39, 0.29) is 0 Å². The lowest BCUT2D eigenvalue weighted by Gasteiger charge is -2.15. The van der Waals surface area contributed by atoms with Gasteiger partial charge in [-0.2, -0.15) is 10.5 Å². The van der Waals surface area contributed by atoms with Crippen LogP contribution in [0.15, 0.2) is 152 Å². The molecule has 0 N–H and O–H groups in total. The molecule has 0 aliphatic heterocycles. The van der Waals surface area contributed by atoms with Crippen molar-refractivity contribution in [3.05, 3.63) is 174 Å². The number of nitriles is 2. The molecule has 0 fully saturated rings. The highest BCUT2D eigenvalue weighted by Gasteiger charge is 2.18. The molecule has 0 aliphatic rings. The van der Waals surface area contributed by atoms with Crippen LogP contribution in [0.4, 0.5) is 5.69 Å². The van der Waals surface area contributed by atoms with Crippen molar-refractivity contribution < 1.29 is 0 Å². The van der Waals surface area contributed by atoms with Crippen molar-refractivity contribution in [2.24, 2.45) is 0 Å². The Balaban J connectivity index is 1.15. The normalized spacial score (nSPS) is 11.1. The van der Waals surface area contributed by atoms with Crippen LogP contribution < -0.4 is 0 Å². The van der Waals surface area contributed by atoms with Gasteiger partial charge in [0, 0.05) is 38.3 Å². The average molecular weight is 636 g/mol. The minimum absolute atomic E-state index is 0.557. The molecule has 0 amide bonds. The van der Waals surface area contributed by atoms with E-state index < -0.39 is 0 Å². The van der Waals surface area contributed by atoms with Gasteiger partial charge in [0.25, 0.3) is 0 Å². The molecule has 0 saturated heterocycles. The SMILES string of the molecule is [C-]#[N+]c1ccc2c3cc(C#N)ccc3n(-c3ccccc3-c3ccc(-c4ccc(-n5c6ccccc6c6ccccc65)cc4C#N)cc3)c2c1. The molecule has 5 heteroatoms. The summed E-state index contributed by atoms with van der Waals surface area (Å²) in [5.74, 6) is 0. The number of fused-ring (bicyclic) bond motifs is 6. The number of nitrogens with zero attached hydrogens (tertiary/aromatic N) is 5. The summed E-state index contributed by atoms with van der Waals surface area (Å²) >= 11 is 0. The predicted molar refractivity (Wildman–Crippen MR) is 202 cm³/mol. The van der Waals surface area contributed by atoms with E-state index in [0.717, 1.165) is 66.5 Å². The zero-order valence-corrected chi connectivity index (χ0v) is 26.7. The maximum absolute atomic E-state index is 10.3. The second-order valence-corrected chi connectivity index (χ2v) is 12.3. The molecule has 2 heterocycles. The molecule has 7 aromatic carbocycles. The first-order chi connectivity index (χ1) is 24.7. The van der Waals surface area contributed by atoms with Crippen molar-refractivity contribution >= 4 is 49.3 Å². The second-order valence-electron chi connectivity index (χ2n) is 12.3. The Hall–Kier alpha value is -7.39. The minimum atomic E-state index is 0.557. The summed E-state index contributed by atoms with van der Waals surface area (Å²) in [6, 6.07) is 55.6. The number of hydrogen-bond acceptors (Lipinski definition) is 2. The van der Waals surface area contributed by atoms with Gasteiger partial charge in [-0.15, -0.1) is 0 Å². The molecule has 50 heavy (non-hydrogen) atoms. The van der Waals surface area contributed by atoms with E-state index in [1.54, 1.807) is 0 Å². The first-order valence-electron chi connectivity index (χ1n) is 16.3. The molecule has 0 radical (unpaired) electrons. The number of para-hydroxylation sites is 3. The highest BCUT2D eigenvalue weighted by Crippen LogP contribution is 2.39. The van der Waals surface area contributed by atoms with E-state index in [2.05, 4.69) is 105 Å². The highest BCUT2D eigenvalue weighted by molar-refractivity contribution is 6.11. The van der Waals surface area contributed by atoms with Gasteiger partial charge in [-0.05, 0) is 71.3 Å². The van der Waals surface area contributed by atoms with Gasteiger partial charge in [-0.25, -0.2) is 4.85 Å². The third kappa shape index (κ3) is 4.38. The summed E-state index contributed by atoms with van der Waals surface area (Å²) in [6.07, 6.45) is 0. The van der Waals surface area contributed by atoms with Crippen LogP contribution in [0.3, 0.4) is 0 Å². The van der Waals surface area contributed by atoms with Crippen LogP contribution in [0, 0.1) is 29.2 Å². The van der Waals surface area contributed by atoms with Crippen molar-refractivity contribution in [2.45, 2.75) is 0 Å². The van der Waals surface area contributed by atoms with Crippen molar-refractivity contribution in [3.8, 4) is 45.8 Å². The summed E-state index contributed by atoms with van der Waals surface area (Å²) in [4.78, 5) is 3.70. The Morgan fingerprint density at radius 1 is 0.480 bits per heavy atom. The fraction of sp³-hybridized carbons (Fsp3) is 0. The Morgan fingerprint density at radius 2 is 1.12 bits per heavy atom. The molecule has 9 rings (SSSR count). The molecule has 0 atom stereocenters. The van der Waals surface area contributed by atoms with Gasteiger partial charge in [-0.1, -0.05) is 97.1 Å². The van der Waals surface area contributed by atoms with Gasteiger partial charge >= 0.3 is 0 Å². The first-order valence-corrected chi connectivity index (χ1v) is 16.3. The fourth-order valence-corrected chi connectivity index (χ4v) is 7.37. The van der Waals surface area contributed by atoms with E-state index in [9.17, 15) is 10.5 Å². The number of hydrogen-bond donors (Lipinski definition) is 0. The summed E-state index contributed by atoms with van der Waals surface area (Å²) in [5, 5.41) is 24.3. The van der Waals surface area contributed by atoms with E-state index in [0.29, 0.717) is 16.8 Å². The van der Waals surface area contributed by atoms with E-state index >= 15 is 0 Å². The van der Waals surface area contributed by atoms with Crippen molar-refractivity contribution in [1.82, 2.24) is 9.13 Å². The van der Waals surface area contributed by atoms with Crippen LogP contribution >= 0.6 is 0 Å². The summed E-state index contributed by atoms with van der Waals surface area (Å²) in [7, 11) is 0. The van der Waals surface area contributed by atoms with Gasteiger partial charge in [0.2, 0.25) is 0 Å². The van der Waals surface area contributed by atoms with Gasteiger partial charge in [0.1, 0.15) is 0 Å². The molecule has 0 bridgehead atoms. The molecule has 0 unspecified atom stereocenters. The zero-order chi connectivity index (χ0) is 33.8. The summed E-state index contributed by atoms with van der Waals surface area (Å²) < 4.78 is 4.41. The smallest absolute Gasteiger partial charge is 0.189 e. The van der Waals surface area contributed by atoms with Crippen molar-refractivity contribution in [1.29, 1.82) is 10.5 Å². The quantitative estimate of drug-likeness (QED) is 0.181. The summed E-state index contributed by atoms with van der Waals surface area (Å²) in [6.45, 7) is 7.65. The topological polar surface area (TPSA) is 61.8 Å². The first kappa shape index (κ1) is 28.8. The fourth-order valence-electron chi connectivity index (χ4n) is 7.37. The summed E-state index contributed by atoms with van der Waals surface area (Å²) in [5.41, 5.74) is 11.6. The lowest BCUT2D eigenvalue weighted by atomic mass is 9.96. The Morgan fingerprint density at radius 3 is 1.82 bits per heavy atom. The maximum Gasteiger partial charge on any atom is 0.189 e. The third-order valence-corrected chi connectivity index (χ3v) is 9.62. The largest absolute Gasteiger partial charge is 0.310 e. The molecule has 0 aliphatic carbocycles. The molecule has 230 valence electrons. The van der Waals surface area contributed by atoms with E-state index in [1.807, 2.05) is 72.8 Å². The van der Waals surface area contributed by atoms with Gasteiger partial charge < -0.3 is 9.13 Å². The molecule has 9 aromatic rings.